The van der Waals surface area contributed by atoms with Crippen LogP contribution in [0.3, 0.4) is 0 Å². The van der Waals surface area contributed by atoms with E-state index in [-0.39, 0.29) is 22.5 Å². The summed E-state index contributed by atoms with van der Waals surface area (Å²) in [4.78, 5) is 32.0. The van der Waals surface area contributed by atoms with E-state index < -0.39 is 9.85 Å². The number of benzene rings is 7. The molecule has 298 valence electrons. The van der Waals surface area contributed by atoms with E-state index in [0.29, 0.717) is 0 Å². The first-order valence-electron chi connectivity index (χ1n) is 19.3. The third kappa shape index (κ3) is 9.25. The number of hydrogen-bond donors (Lipinski definition) is 0. The molecule has 0 unspecified atom stereocenters. The predicted octanol–water partition coefficient (Wildman–Crippen LogP) is 12.9. The third-order valence-electron chi connectivity index (χ3n) is 10.1. The van der Waals surface area contributed by atoms with Gasteiger partial charge in [0.25, 0.3) is 11.4 Å². The van der Waals surface area contributed by atoms with Crippen molar-refractivity contribution < 1.29 is 9.85 Å². The van der Waals surface area contributed by atoms with Crippen molar-refractivity contribution >= 4 is 81.2 Å². The summed E-state index contributed by atoms with van der Waals surface area (Å²) in [5, 5.41) is 24.7. The Balaban J connectivity index is 1.14. The summed E-state index contributed by atoms with van der Waals surface area (Å²) in [6, 6.07) is 54.8. The van der Waals surface area contributed by atoms with E-state index in [1.54, 1.807) is 24.3 Å². The fourth-order valence-electron chi connectivity index (χ4n) is 6.88. The summed E-state index contributed by atoms with van der Waals surface area (Å²) < 4.78 is 0. The fourth-order valence-corrected chi connectivity index (χ4v) is 6.88. The lowest BCUT2D eigenvalue weighted by Gasteiger charge is -2.26. The minimum Gasteiger partial charge on any atom is -0.378 e. The SMILES string of the molecule is CN(C)c1ccc(N(c2ccccc2)c2ccc(/C=C/c3cc([N+](=O)[O-])c(/C=C/c4ccc(N(c5ccccc5)c5ccc(N(C)C)cc5)cc4)cc3[N+](=O)[O-])cc2)cc1. The lowest BCUT2D eigenvalue weighted by molar-refractivity contribution is -0.389. The molecule has 0 fully saturated rings. The maximum absolute atomic E-state index is 12.3. The minimum absolute atomic E-state index is 0.129. The van der Waals surface area contributed by atoms with Gasteiger partial charge in [-0.25, -0.2) is 0 Å². The van der Waals surface area contributed by atoms with E-state index in [1.807, 2.05) is 147 Å². The van der Waals surface area contributed by atoms with Gasteiger partial charge in [0.05, 0.1) is 21.0 Å². The molecule has 0 heterocycles. The van der Waals surface area contributed by atoms with E-state index in [4.69, 9.17) is 0 Å². The van der Waals surface area contributed by atoms with Crippen LogP contribution in [0.2, 0.25) is 0 Å². The van der Waals surface area contributed by atoms with Crippen molar-refractivity contribution in [2.45, 2.75) is 0 Å². The van der Waals surface area contributed by atoms with Crippen LogP contribution in [0.5, 0.6) is 0 Å². The molecule has 0 radical (unpaired) electrons. The van der Waals surface area contributed by atoms with Crippen LogP contribution >= 0.6 is 0 Å². The van der Waals surface area contributed by atoms with E-state index in [1.165, 1.54) is 12.1 Å². The van der Waals surface area contributed by atoms with E-state index in [9.17, 15) is 20.2 Å². The number of rotatable bonds is 14. The van der Waals surface area contributed by atoms with Gasteiger partial charge in [0.15, 0.2) is 0 Å². The lowest BCUT2D eigenvalue weighted by Crippen LogP contribution is -2.11. The van der Waals surface area contributed by atoms with Gasteiger partial charge in [-0.05, 0) is 120 Å². The van der Waals surface area contributed by atoms with Crippen molar-refractivity contribution in [2.75, 3.05) is 47.8 Å². The molecule has 0 saturated carbocycles. The zero-order valence-corrected chi connectivity index (χ0v) is 33.8. The molecule has 60 heavy (non-hydrogen) atoms. The molecule has 0 bridgehead atoms. The summed E-state index contributed by atoms with van der Waals surface area (Å²) in [5.74, 6) is 0. The Hall–Kier alpha value is -7.98. The number of nitro groups is 2. The molecule has 0 aliphatic rings. The average molecular weight is 793 g/mol. The molecule has 10 heteroatoms. The number of para-hydroxylation sites is 2. The highest BCUT2D eigenvalue weighted by molar-refractivity contribution is 5.84. The molecule has 0 aromatic heterocycles. The maximum atomic E-state index is 12.3. The number of nitrogens with zero attached hydrogens (tertiary/aromatic N) is 6. The van der Waals surface area contributed by atoms with Crippen molar-refractivity contribution in [3.05, 3.63) is 212 Å². The van der Waals surface area contributed by atoms with E-state index in [0.717, 1.165) is 56.6 Å². The quantitative estimate of drug-likeness (QED) is 0.0610. The highest BCUT2D eigenvalue weighted by Gasteiger charge is 2.22. The van der Waals surface area contributed by atoms with Crippen LogP contribution in [0, 0.1) is 20.2 Å². The Labute approximate surface area is 350 Å². The second-order valence-electron chi connectivity index (χ2n) is 14.5. The van der Waals surface area contributed by atoms with Crippen LogP contribution in [0.15, 0.2) is 170 Å². The van der Waals surface area contributed by atoms with Gasteiger partial charge >= 0.3 is 0 Å². The van der Waals surface area contributed by atoms with E-state index >= 15 is 0 Å². The second kappa shape index (κ2) is 18.1. The topological polar surface area (TPSA) is 99.2 Å². The summed E-state index contributed by atoms with van der Waals surface area (Å²) in [7, 11) is 8.01. The van der Waals surface area contributed by atoms with Crippen molar-refractivity contribution in [1.29, 1.82) is 0 Å². The molecule has 0 saturated heterocycles. The van der Waals surface area contributed by atoms with Gasteiger partial charge in [0.2, 0.25) is 0 Å². The second-order valence-corrected chi connectivity index (χ2v) is 14.5. The summed E-state index contributed by atoms with van der Waals surface area (Å²) in [6.45, 7) is 0. The van der Waals surface area contributed by atoms with Gasteiger partial charge in [-0.15, -0.1) is 0 Å². The number of hydrogen-bond acceptors (Lipinski definition) is 8. The van der Waals surface area contributed by atoms with Crippen molar-refractivity contribution in [1.82, 2.24) is 0 Å². The van der Waals surface area contributed by atoms with Gasteiger partial charge in [0.1, 0.15) is 0 Å². The Bertz CT molecular complexity index is 2440. The number of nitro benzene ring substituents is 2. The van der Waals surface area contributed by atoms with Gasteiger partial charge in [-0.3, -0.25) is 20.2 Å². The molecular weight excluding hydrogens is 749 g/mol. The molecule has 0 aliphatic carbocycles. The van der Waals surface area contributed by atoms with Gasteiger partial charge in [-0.2, -0.15) is 0 Å². The molecule has 0 N–H and O–H groups in total. The average Bonchev–Trinajstić information content (AvgIpc) is 3.27. The Morgan fingerprint density at radius 3 is 0.917 bits per heavy atom. The number of anilines is 8. The minimum atomic E-state index is -0.513. The monoisotopic (exact) mass is 792 g/mol. The Morgan fingerprint density at radius 2 is 0.633 bits per heavy atom. The van der Waals surface area contributed by atoms with Crippen molar-refractivity contribution in [3.63, 3.8) is 0 Å². The third-order valence-corrected chi connectivity index (χ3v) is 10.1. The molecule has 7 rings (SSSR count). The smallest absolute Gasteiger partial charge is 0.277 e. The maximum Gasteiger partial charge on any atom is 0.277 e. The highest BCUT2D eigenvalue weighted by atomic mass is 16.6. The lowest BCUT2D eigenvalue weighted by atomic mass is 10.0. The first kappa shape index (κ1) is 40.2. The van der Waals surface area contributed by atoms with Gasteiger partial charge < -0.3 is 19.6 Å². The van der Waals surface area contributed by atoms with Crippen LogP contribution in [0.25, 0.3) is 24.3 Å². The Morgan fingerprint density at radius 1 is 0.367 bits per heavy atom. The molecule has 0 amide bonds. The molecule has 7 aromatic carbocycles. The van der Waals surface area contributed by atoms with Crippen LogP contribution in [-0.4, -0.2) is 38.0 Å². The van der Waals surface area contributed by atoms with Crippen LogP contribution in [0.1, 0.15) is 22.3 Å². The fraction of sp³-hybridized carbons (Fsp3) is 0.0800. The zero-order valence-electron chi connectivity index (χ0n) is 33.8. The van der Waals surface area contributed by atoms with Crippen LogP contribution < -0.4 is 19.6 Å². The molecule has 10 nitrogen and oxygen atoms in total. The largest absolute Gasteiger partial charge is 0.378 e. The normalized spacial score (nSPS) is 11.1. The predicted molar refractivity (Wildman–Crippen MR) is 249 cm³/mol. The first-order valence-corrected chi connectivity index (χ1v) is 19.3. The highest BCUT2D eigenvalue weighted by Crippen LogP contribution is 2.38. The standard InChI is InChI=1S/C50H44N6O4/c1-51(2)41-27-31-47(32-28-41)53(43-11-7-5-8-12-43)45-23-17-37(18-24-45)15-21-39-35-50(56(59)60)40(36-49(39)55(57)58)22-16-38-19-25-46(26-20-38)54(44-13-9-6-10-14-44)48-33-29-42(30-34-48)52(3)4/h5-36H,1-4H3/b21-15+,22-16+. The van der Waals surface area contributed by atoms with Crippen molar-refractivity contribution in [3.8, 4) is 0 Å². The molecule has 7 aromatic rings. The summed E-state index contributed by atoms with van der Waals surface area (Å²) in [5.41, 5.74) is 9.31. The van der Waals surface area contributed by atoms with Crippen LogP contribution in [-0.2, 0) is 0 Å². The van der Waals surface area contributed by atoms with Crippen LogP contribution in [0.4, 0.5) is 56.9 Å². The molecule has 0 aliphatic heterocycles. The summed E-state index contributed by atoms with van der Waals surface area (Å²) >= 11 is 0. The first-order chi connectivity index (χ1) is 29.0. The summed E-state index contributed by atoms with van der Waals surface area (Å²) in [6.07, 6.45) is 6.55. The van der Waals surface area contributed by atoms with Crippen molar-refractivity contribution in [2.24, 2.45) is 0 Å². The molecule has 0 spiro atoms. The zero-order chi connectivity index (χ0) is 42.2. The Kier molecular flexibility index (Phi) is 12.1. The molecular formula is C50H44N6O4. The van der Waals surface area contributed by atoms with E-state index in [2.05, 4.69) is 58.3 Å². The van der Waals surface area contributed by atoms with Gasteiger partial charge in [-0.1, -0.05) is 72.8 Å². The molecule has 0 atom stereocenters. The van der Waals surface area contributed by atoms with Gasteiger partial charge in [0, 0.05) is 85.8 Å².